The molecule has 8 heteroatoms. The van der Waals surface area contributed by atoms with Crippen LogP contribution < -0.4 is 10.6 Å². The Morgan fingerprint density at radius 3 is 2.71 bits per heavy atom. The lowest BCUT2D eigenvalue weighted by Crippen LogP contribution is -2.42. The number of rotatable bonds is 4. The van der Waals surface area contributed by atoms with Gasteiger partial charge < -0.3 is 10.6 Å². The number of aromatic nitrogens is 2. The quantitative estimate of drug-likeness (QED) is 0.843. The Kier molecular flexibility index (Phi) is 8.09. The summed E-state index contributed by atoms with van der Waals surface area (Å²) < 4.78 is 0. The number of carbonyl (C=O) groups is 1. The maximum atomic E-state index is 12.3. The van der Waals surface area contributed by atoms with Crippen LogP contribution in [0.1, 0.15) is 29.4 Å². The third kappa shape index (κ3) is 5.14. The first-order chi connectivity index (χ1) is 10.7. The highest BCUT2D eigenvalue weighted by molar-refractivity contribution is 7.16. The lowest BCUT2D eigenvalue weighted by Gasteiger charge is -2.34. The van der Waals surface area contributed by atoms with Crippen LogP contribution in [0.3, 0.4) is 0 Å². The van der Waals surface area contributed by atoms with E-state index < -0.39 is 0 Å². The van der Waals surface area contributed by atoms with E-state index in [2.05, 4.69) is 27.5 Å². The van der Waals surface area contributed by atoms with E-state index in [9.17, 15) is 4.79 Å². The van der Waals surface area contributed by atoms with Gasteiger partial charge in [-0.15, -0.1) is 36.2 Å². The number of thiazole rings is 1. The summed E-state index contributed by atoms with van der Waals surface area (Å²) in [4.78, 5) is 21.5. The topological polar surface area (TPSA) is 66.9 Å². The van der Waals surface area contributed by atoms with Crippen molar-refractivity contribution in [3.05, 3.63) is 35.5 Å². The average Bonchev–Trinajstić information content (AvgIpc) is 3.04. The number of nitrogens with one attached hydrogen (secondary N) is 2. The van der Waals surface area contributed by atoms with Gasteiger partial charge in [-0.2, -0.15) is 0 Å². The van der Waals surface area contributed by atoms with Crippen LogP contribution in [0, 0.1) is 5.41 Å². The van der Waals surface area contributed by atoms with Gasteiger partial charge in [-0.1, -0.05) is 13.0 Å². The molecule has 1 fully saturated rings. The van der Waals surface area contributed by atoms with Crippen LogP contribution in [0.15, 0.2) is 30.6 Å². The summed E-state index contributed by atoms with van der Waals surface area (Å²) in [5.41, 5.74) is 0.993. The minimum absolute atomic E-state index is 0. The summed E-state index contributed by atoms with van der Waals surface area (Å²) in [6, 6.07) is 5.68. The molecule has 24 heavy (non-hydrogen) atoms. The van der Waals surface area contributed by atoms with Gasteiger partial charge in [-0.05, 0) is 43.5 Å². The predicted molar refractivity (Wildman–Crippen MR) is 102 cm³/mol. The van der Waals surface area contributed by atoms with E-state index in [-0.39, 0.29) is 36.1 Å². The predicted octanol–water partition coefficient (Wildman–Crippen LogP) is 3.17. The van der Waals surface area contributed by atoms with Gasteiger partial charge in [0.25, 0.3) is 5.91 Å². The molecule has 0 aromatic carbocycles. The second-order valence-corrected chi connectivity index (χ2v) is 7.02. The van der Waals surface area contributed by atoms with Gasteiger partial charge >= 0.3 is 0 Å². The summed E-state index contributed by atoms with van der Waals surface area (Å²) in [6.07, 6.45) is 5.55. The Morgan fingerprint density at radius 1 is 1.29 bits per heavy atom. The fourth-order valence-electron chi connectivity index (χ4n) is 2.57. The summed E-state index contributed by atoms with van der Waals surface area (Å²) in [5, 5.41) is 7.19. The monoisotopic (exact) mass is 388 g/mol. The Balaban J connectivity index is 0.00000144. The molecule has 0 spiro atoms. The van der Waals surface area contributed by atoms with Gasteiger partial charge in [0, 0.05) is 12.7 Å². The average molecular weight is 389 g/mol. The zero-order valence-corrected chi connectivity index (χ0v) is 15.9. The number of pyridine rings is 1. The second-order valence-electron chi connectivity index (χ2n) is 5.99. The Hall–Kier alpha value is -1.21. The van der Waals surface area contributed by atoms with Gasteiger partial charge in [-0.25, -0.2) is 4.98 Å². The van der Waals surface area contributed by atoms with Gasteiger partial charge in [0.1, 0.15) is 9.88 Å². The molecule has 1 aliphatic rings. The Morgan fingerprint density at radius 2 is 2.04 bits per heavy atom. The fraction of sp³-hybridized carbons (Fsp3) is 0.438. The van der Waals surface area contributed by atoms with Crippen molar-refractivity contribution in [2.75, 3.05) is 19.6 Å². The lowest BCUT2D eigenvalue weighted by molar-refractivity contribution is 0.0926. The molecule has 2 aromatic rings. The fourth-order valence-corrected chi connectivity index (χ4v) is 3.38. The highest BCUT2D eigenvalue weighted by Crippen LogP contribution is 2.27. The summed E-state index contributed by atoms with van der Waals surface area (Å²) in [7, 11) is 0. The molecule has 0 unspecified atom stereocenters. The van der Waals surface area contributed by atoms with Crippen molar-refractivity contribution < 1.29 is 4.79 Å². The van der Waals surface area contributed by atoms with Gasteiger partial charge in [0.15, 0.2) is 0 Å². The molecule has 0 saturated carbocycles. The molecule has 3 heterocycles. The van der Waals surface area contributed by atoms with Gasteiger partial charge in [-0.3, -0.25) is 9.78 Å². The smallest absolute Gasteiger partial charge is 0.263 e. The Bertz CT molecular complexity index is 645. The maximum Gasteiger partial charge on any atom is 0.263 e. The minimum atomic E-state index is -0.0422. The van der Waals surface area contributed by atoms with Crippen LogP contribution in [-0.2, 0) is 0 Å². The third-order valence-electron chi connectivity index (χ3n) is 4.10. The number of hydrogen-bond acceptors (Lipinski definition) is 5. The van der Waals surface area contributed by atoms with Crippen LogP contribution in [0.25, 0.3) is 10.7 Å². The summed E-state index contributed by atoms with van der Waals surface area (Å²) in [5.74, 6) is -0.0422. The van der Waals surface area contributed by atoms with Crippen molar-refractivity contribution in [2.24, 2.45) is 5.41 Å². The van der Waals surface area contributed by atoms with Gasteiger partial charge in [0.2, 0.25) is 0 Å². The maximum absolute atomic E-state index is 12.3. The van der Waals surface area contributed by atoms with Crippen LogP contribution in [0.2, 0.25) is 0 Å². The first-order valence-electron chi connectivity index (χ1n) is 7.52. The molecule has 1 amide bonds. The highest BCUT2D eigenvalue weighted by atomic mass is 35.5. The number of amides is 1. The first-order valence-corrected chi connectivity index (χ1v) is 8.34. The second kappa shape index (κ2) is 9.32. The molecular formula is C16H22Cl2N4OS. The summed E-state index contributed by atoms with van der Waals surface area (Å²) >= 11 is 1.38. The molecule has 132 valence electrons. The van der Waals surface area contributed by atoms with E-state index in [1.165, 1.54) is 11.3 Å². The molecule has 1 saturated heterocycles. The SMILES string of the molecule is CC1(CNC(=O)c2cnc(-c3ccccn3)s2)CCNCC1.Cl.Cl. The molecule has 3 rings (SSSR count). The molecule has 1 aliphatic heterocycles. The largest absolute Gasteiger partial charge is 0.351 e. The standard InChI is InChI=1S/C16H20N4OS.2ClH/c1-16(5-8-17-9-6-16)11-20-14(21)13-10-19-15(22-13)12-4-2-3-7-18-12;;/h2-4,7,10,17H,5-6,8-9,11H2,1H3,(H,20,21);2*1H. The van der Waals surface area contributed by atoms with E-state index >= 15 is 0 Å². The van der Waals surface area contributed by atoms with E-state index in [0.717, 1.165) is 36.6 Å². The molecule has 0 radical (unpaired) electrons. The number of nitrogens with zero attached hydrogens (tertiary/aromatic N) is 2. The highest BCUT2D eigenvalue weighted by Gasteiger charge is 2.27. The van der Waals surface area contributed by atoms with Crippen LogP contribution in [-0.4, -0.2) is 35.5 Å². The van der Waals surface area contributed by atoms with Crippen molar-refractivity contribution >= 4 is 42.1 Å². The molecule has 0 atom stereocenters. The molecule has 2 aromatic heterocycles. The van der Waals surface area contributed by atoms with Crippen molar-refractivity contribution in [3.63, 3.8) is 0 Å². The van der Waals surface area contributed by atoms with E-state index in [1.807, 2.05) is 18.2 Å². The Labute approximate surface area is 158 Å². The van der Waals surface area contributed by atoms with Crippen molar-refractivity contribution in [1.29, 1.82) is 0 Å². The van der Waals surface area contributed by atoms with Gasteiger partial charge in [0.05, 0.1) is 11.9 Å². The van der Waals surface area contributed by atoms with Crippen molar-refractivity contribution in [3.8, 4) is 10.7 Å². The molecule has 5 nitrogen and oxygen atoms in total. The molecular weight excluding hydrogens is 367 g/mol. The molecule has 0 bridgehead atoms. The normalized spacial score (nSPS) is 15.7. The minimum Gasteiger partial charge on any atom is -0.351 e. The summed E-state index contributed by atoms with van der Waals surface area (Å²) in [6.45, 7) is 5.00. The van der Waals surface area contributed by atoms with Crippen LogP contribution in [0.4, 0.5) is 0 Å². The third-order valence-corrected chi connectivity index (χ3v) is 5.12. The number of carbonyl (C=O) groups excluding carboxylic acids is 1. The zero-order chi connectivity index (χ0) is 15.4. The van der Waals surface area contributed by atoms with E-state index in [1.54, 1.807) is 12.4 Å². The molecule has 2 N–H and O–H groups in total. The lowest BCUT2D eigenvalue weighted by atomic mass is 9.81. The van der Waals surface area contributed by atoms with E-state index in [4.69, 9.17) is 0 Å². The number of piperidine rings is 1. The first kappa shape index (κ1) is 20.8. The molecule has 0 aliphatic carbocycles. The van der Waals surface area contributed by atoms with Crippen molar-refractivity contribution in [2.45, 2.75) is 19.8 Å². The van der Waals surface area contributed by atoms with Crippen LogP contribution in [0.5, 0.6) is 0 Å². The number of hydrogen-bond donors (Lipinski definition) is 2. The number of halogens is 2. The zero-order valence-electron chi connectivity index (χ0n) is 13.4. The van der Waals surface area contributed by atoms with Crippen LogP contribution >= 0.6 is 36.2 Å². The van der Waals surface area contributed by atoms with Crippen molar-refractivity contribution in [1.82, 2.24) is 20.6 Å². The van der Waals surface area contributed by atoms with E-state index in [0.29, 0.717) is 11.4 Å².